The molecule has 172 valence electrons. The van der Waals surface area contributed by atoms with Gasteiger partial charge in [-0.15, -0.1) is 0 Å². The largest absolute Gasteiger partial charge is 0.508 e. The minimum atomic E-state index is 0.145. The highest BCUT2D eigenvalue weighted by molar-refractivity contribution is 5.99. The molecule has 1 heterocycles. The van der Waals surface area contributed by atoms with E-state index in [4.69, 9.17) is 0 Å². The second kappa shape index (κ2) is 11.2. The monoisotopic (exact) mass is 442 g/mol. The molecular formula is C29H34N2O2. The lowest BCUT2D eigenvalue weighted by Gasteiger charge is -2.35. The smallest absolute Gasteiger partial charge is 0.116 e. The molecule has 0 bridgehead atoms. The third kappa shape index (κ3) is 5.65. The highest BCUT2D eigenvalue weighted by Gasteiger charge is 2.18. The van der Waals surface area contributed by atoms with Crippen molar-refractivity contribution in [3.8, 4) is 5.75 Å². The first-order chi connectivity index (χ1) is 16.2. The molecule has 0 radical (unpaired) electrons. The number of hydrogen-bond acceptors (Lipinski definition) is 4. The van der Waals surface area contributed by atoms with E-state index in [2.05, 4.69) is 59.2 Å². The third-order valence-electron chi connectivity index (χ3n) is 6.48. The van der Waals surface area contributed by atoms with E-state index in [0.29, 0.717) is 6.42 Å². The average Bonchev–Trinajstić information content (AvgIpc) is 2.87. The summed E-state index contributed by atoms with van der Waals surface area (Å²) < 4.78 is 0. The van der Waals surface area contributed by atoms with Gasteiger partial charge < -0.3 is 20.0 Å². The summed E-state index contributed by atoms with van der Waals surface area (Å²) in [5.74, 6) is 0.255. The van der Waals surface area contributed by atoms with Crippen LogP contribution in [0, 0.1) is 0 Å². The van der Waals surface area contributed by atoms with Gasteiger partial charge in [-0.3, -0.25) is 0 Å². The molecule has 4 heteroatoms. The number of aliphatic hydroxyl groups excluding tert-OH is 1. The number of benzene rings is 3. The third-order valence-corrected chi connectivity index (χ3v) is 6.48. The van der Waals surface area contributed by atoms with Crippen LogP contribution in [0.2, 0.25) is 0 Å². The summed E-state index contributed by atoms with van der Waals surface area (Å²) in [5, 5.41) is 19.8. The van der Waals surface area contributed by atoms with Gasteiger partial charge >= 0.3 is 0 Å². The van der Waals surface area contributed by atoms with Crippen molar-refractivity contribution in [1.82, 2.24) is 4.90 Å². The van der Waals surface area contributed by atoms with E-state index in [1.54, 1.807) is 6.07 Å². The predicted molar refractivity (Wildman–Crippen MR) is 138 cm³/mol. The maximum atomic E-state index is 10.2. The zero-order valence-corrected chi connectivity index (χ0v) is 19.5. The van der Waals surface area contributed by atoms with Gasteiger partial charge in [-0.1, -0.05) is 61.5 Å². The van der Waals surface area contributed by atoms with E-state index in [1.165, 1.54) is 11.3 Å². The van der Waals surface area contributed by atoms with E-state index in [9.17, 15) is 10.2 Å². The topological polar surface area (TPSA) is 46.9 Å². The number of piperazine rings is 1. The number of aliphatic hydroxyl groups is 1. The van der Waals surface area contributed by atoms with Crippen molar-refractivity contribution in [2.24, 2.45) is 0 Å². The van der Waals surface area contributed by atoms with Gasteiger partial charge in [0.25, 0.3) is 0 Å². The van der Waals surface area contributed by atoms with Crippen molar-refractivity contribution in [1.29, 1.82) is 0 Å². The molecule has 1 saturated heterocycles. The Bertz CT molecular complexity index is 1050. The molecule has 0 aliphatic carbocycles. The van der Waals surface area contributed by atoms with Crippen LogP contribution >= 0.6 is 0 Å². The molecule has 33 heavy (non-hydrogen) atoms. The molecule has 0 unspecified atom stereocenters. The Morgan fingerprint density at radius 2 is 1.48 bits per heavy atom. The quantitative estimate of drug-likeness (QED) is 0.467. The zero-order valence-electron chi connectivity index (χ0n) is 19.5. The van der Waals surface area contributed by atoms with Crippen molar-refractivity contribution in [3.05, 3.63) is 95.6 Å². The Hall–Kier alpha value is -3.08. The molecule has 4 nitrogen and oxygen atoms in total. The van der Waals surface area contributed by atoms with Crippen molar-refractivity contribution >= 4 is 16.8 Å². The SMILES string of the molecule is CCN1CCN(c2ccc(/C(=C(/CCCO)c3ccccc3)c3cccc(O)c3)cc2)CC1. The Kier molecular flexibility index (Phi) is 7.82. The van der Waals surface area contributed by atoms with Crippen LogP contribution in [0.5, 0.6) is 5.75 Å². The fourth-order valence-electron chi connectivity index (χ4n) is 4.65. The Labute approximate surface area is 197 Å². The number of phenols is 1. The molecule has 0 saturated carbocycles. The van der Waals surface area contributed by atoms with Crippen molar-refractivity contribution in [2.45, 2.75) is 19.8 Å². The lowest BCUT2D eigenvalue weighted by molar-refractivity contribution is 0.271. The zero-order chi connectivity index (χ0) is 23.0. The first-order valence-corrected chi connectivity index (χ1v) is 12.0. The lowest BCUT2D eigenvalue weighted by Crippen LogP contribution is -2.46. The molecule has 1 aliphatic rings. The van der Waals surface area contributed by atoms with Crippen LogP contribution in [-0.2, 0) is 0 Å². The van der Waals surface area contributed by atoms with Gasteiger partial charge in [0.15, 0.2) is 0 Å². The summed E-state index contributed by atoms with van der Waals surface area (Å²) >= 11 is 0. The van der Waals surface area contributed by atoms with Crippen LogP contribution in [0.4, 0.5) is 5.69 Å². The molecule has 2 N–H and O–H groups in total. The number of allylic oxidation sites excluding steroid dienone is 1. The number of phenolic OH excluding ortho intramolecular Hbond substituents is 1. The molecular weight excluding hydrogens is 408 g/mol. The number of nitrogens with zero attached hydrogens (tertiary/aromatic N) is 2. The van der Waals surface area contributed by atoms with Crippen LogP contribution in [0.1, 0.15) is 36.5 Å². The van der Waals surface area contributed by atoms with Crippen LogP contribution in [0.15, 0.2) is 78.9 Å². The molecule has 3 aromatic carbocycles. The lowest BCUT2D eigenvalue weighted by atomic mass is 9.87. The van der Waals surface area contributed by atoms with Crippen LogP contribution in [0.3, 0.4) is 0 Å². The van der Waals surface area contributed by atoms with Crippen molar-refractivity contribution in [3.63, 3.8) is 0 Å². The van der Waals surface area contributed by atoms with Crippen LogP contribution < -0.4 is 4.90 Å². The first-order valence-electron chi connectivity index (χ1n) is 12.0. The predicted octanol–water partition coefficient (Wildman–Crippen LogP) is 5.27. The van der Waals surface area contributed by atoms with Gasteiger partial charge in [-0.25, -0.2) is 0 Å². The van der Waals surface area contributed by atoms with E-state index in [-0.39, 0.29) is 12.4 Å². The minimum Gasteiger partial charge on any atom is -0.508 e. The maximum Gasteiger partial charge on any atom is 0.116 e. The van der Waals surface area contributed by atoms with Crippen LogP contribution in [-0.4, -0.2) is 54.4 Å². The van der Waals surface area contributed by atoms with Gasteiger partial charge in [-0.2, -0.15) is 0 Å². The van der Waals surface area contributed by atoms with Gasteiger partial charge in [-0.05, 0) is 71.5 Å². The Morgan fingerprint density at radius 1 is 0.788 bits per heavy atom. The highest BCUT2D eigenvalue weighted by atomic mass is 16.3. The summed E-state index contributed by atoms with van der Waals surface area (Å²) in [6, 6.07) is 26.7. The summed E-state index contributed by atoms with van der Waals surface area (Å²) in [6.07, 6.45) is 1.44. The summed E-state index contributed by atoms with van der Waals surface area (Å²) in [4.78, 5) is 4.94. The normalized spacial score (nSPS) is 15.4. The summed E-state index contributed by atoms with van der Waals surface area (Å²) in [6.45, 7) is 7.79. The van der Waals surface area contributed by atoms with Gasteiger partial charge in [0.05, 0.1) is 0 Å². The average molecular weight is 443 g/mol. The van der Waals surface area contributed by atoms with E-state index in [1.807, 2.05) is 30.3 Å². The fraction of sp³-hybridized carbons (Fsp3) is 0.310. The minimum absolute atomic E-state index is 0.145. The maximum absolute atomic E-state index is 10.2. The Morgan fingerprint density at radius 3 is 2.12 bits per heavy atom. The summed E-state index contributed by atoms with van der Waals surface area (Å²) in [5.41, 5.74) is 6.78. The molecule has 4 rings (SSSR count). The number of aromatic hydroxyl groups is 1. The molecule has 0 atom stereocenters. The fourth-order valence-corrected chi connectivity index (χ4v) is 4.65. The van der Waals surface area contributed by atoms with Gasteiger partial charge in [0, 0.05) is 38.5 Å². The van der Waals surface area contributed by atoms with Crippen LogP contribution in [0.25, 0.3) is 11.1 Å². The second-order valence-electron chi connectivity index (χ2n) is 8.57. The first kappa shape index (κ1) is 23.1. The number of likely N-dealkylation sites (N-methyl/N-ethyl adjacent to an activating group) is 1. The molecule has 3 aromatic rings. The number of anilines is 1. The Balaban J connectivity index is 1.76. The van der Waals surface area contributed by atoms with Gasteiger partial charge in [0.1, 0.15) is 5.75 Å². The highest BCUT2D eigenvalue weighted by Crippen LogP contribution is 2.36. The molecule has 0 amide bonds. The van der Waals surface area contributed by atoms with E-state index < -0.39 is 0 Å². The van der Waals surface area contributed by atoms with Crippen molar-refractivity contribution in [2.75, 3.05) is 44.2 Å². The molecule has 1 fully saturated rings. The number of hydrogen-bond donors (Lipinski definition) is 2. The summed E-state index contributed by atoms with van der Waals surface area (Å²) in [7, 11) is 0. The standard InChI is InChI=1S/C29H34N2O2/c1-2-30-17-19-31(20-18-30)26-15-13-24(14-16-26)29(25-10-6-11-27(33)22-25)28(12-7-21-32)23-8-4-3-5-9-23/h3-6,8-11,13-16,22,32-33H,2,7,12,17-21H2,1H3/b29-28+. The van der Waals surface area contributed by atoms with Crippen molar-refractivity contribution < 1.29 is 10.2 Å². The number of rotatable bonds is 8. The second-order valence-corrected chi connectivity index (χ2v) is 8.57. The molecule has 1 aliphatic heterocycles. The van der Waals surface area contributed by atoms with E-state index in [0.717, 1.165) is 61.4 Å². The van der Waals surface area contributed by atoms with E-state index >= 15 is 0 Å². The molecule has 0 spiro atoms. The van der Waals surface area contributed by atoms with Gasteiger partial charge in [0.2, 0.25) is 0 Å². The molecule has 0 aromatic heterocycles.